The van der Waals surface area contributed by atoms with Gasteiger partial charge in [0.25, 0.3) is 0 Å². The smallest absolute Gasteiger partial charge is 0.0847 e. The Hall–Kier alpha value is -1.51. The molecule has 1 atom stereocenters. The van der Waals surface area contributed by atoms with E-state index < -0.39 is 6.10 Å². The van der Waals surface area contributed by atoms with E-state index in [1.54, 1.807) is 0 Å². The van der Waals surface area contributed by atoms with E-state index in [2.05, 4.69) is 48.6 Å². The van der Waals surface area contributed by atoms with Crippen LogP contribution in [0.4, 0.5) is 5.69 Å². The molecule has 0 radical (unpaired) electrons. The molecule has 2 rings (SSSR count). The standard InChI is InChI=1S/C16H18ClNO/c1-12-4-2-5-13(8-12)14-6-3-7-15(9-14)18-11-16(19)10-17/h2-9,16,18-19H,10-11H2,1H3. The van der Waals surface area contributed by atoms with Gasteiger partial charge in [0, 0.05) is 12.2 Å². The van der Waals surface area contributed by atoms with E-state index in [0.29, 0.717) is 6.54 Å². The minimum absolute atomic E-state index is 0.241. The molecule has 0 saturated carbocycles. The minimum atomic E-state index is -0.524. The molecule has 3 heteroatoms. The highest BCUT2D eigenvalue weighted by atomic mass is 35.5. The van der Waals surface area contributed by atoms with E-state index in [1.807, 2.05) is 12.1 Å². The maximum atomic E-state index is 9.45. The quantitative estimate of drug-likeness (QED) is 0.816. The lowest BCUT2D eigenvalue weighted by Crippen LogP contribution is -2.20. The number of aryl methyl sites for hydroxylation is 1. The first kappa shape index (κ1) is 13.9. The van der Waals surface area contributed by atoms with Gasteiger partial charge in [0.15, 0.2) is 0 Å². The van der Waals surface area contributed by atoms with E-state index in [0.717, 1.165) is 11.3 Å². The Morgan fingerprint density at radius 3 is 2.47 bits per heavy atom. The zero-order valence-corrected chi connectivity index (χ0v) is 11.7. The fraction of sp³-hybridized carbons (Fsp3) is 0.250. The molecule has 0 saturated heterocycles. The van der Waals surface area contributed by atoms with Crippen LogP contribution >= 0.6 is 11.6 Å². The van der Waals surface area contributed by atoms with Crippen molar-refractivity contribution in [3.8, 4) is 11.1 Å². The Morgan fingerprint density at radius 2 is 1.79 bits per heavy atom. The zero-order valence-electron chi connectivity index (χ0n) is 10.9. The number of benzene rings is 2. The molecule has 0 spiro atoms. The molecule has 0 bridgehead atoms. The van der Waals surface area contributed by atoms with Gasteiger partial charge in [-0.2, -0.15) is 0 Å². The maximum Gasteiger partial charge on any atom is 0.0847 e. The SMILES string of the molecule is Cc1cccc(-c2cccc(NCC(O)CCl)c2)c1. The molecule has 0 aromatic heterocycles. The molecule has 0 fully saturated rings. The number of anilines is 1. The molecule has 0 amide bonds. The van der Waals surface area contributed by atoms with Crippen molar-refractivity contribution in [2.45, 2.75) is 13.0 Å². The summed E-state index contributed by atoms with van der Waals surface area (Å²) in [5.41, 5.74) is 4.59. The molecular formula is C16H18ClNO. The summed E-state index contributed by atoms with van der Waals surface area (Å²) < 4.78 is 0. The van der Waals surface area contributed by atoms with Crippen LogP contribution < -0.4 is 5.32 Å². The highest BCUT2D eigenvalue weighted by Gasteiger charge is 2.03. The highest BCUT2D eigenvalue weighted by Crippen LogP contribution is 2.23. The molecule has 0 heterocycles. The lowest BCUT2D eigenvalue weighted by molar-refractivity contribution is 0.211. The Labute approximate surface area is 119 Å². The van der Waals surface area contributed by atoms with Crippen LogP contribution in [-0.4, -0.2) is 23.6 Å². The molecule has 0 aliphatic rings. The molecule has 0 aliphatic carbocycles. The fourth-order valence-electron chi connectivity index (χ4n) is 1.92. The van der Waals surface area contributed by atoms with Gasteiger partial charge in [0.1, 0.15) is 0 Å². The van der Waals surface area contributed by atoms with E-state index in [9.17, 15) is 5.11 Å². The Kier molecular flexibility index (Phi) is 4.83. The third-order valence-electron chi connectivity index (χ3n) is 2.93. The monoisotopic (exact) mass is 275 g/mol. The second-order valence-corrected chi connectivity index (χ2v) is 4.95. The lowest BCUT2D eigenvalue weighted by Gasteiger charge is -2.11. The van der Waals surface area contributed by atoms with Gasteiger partial charge in [-0.05, 0) is 30.2 Å². The van der Waals surface area contributed by atoms with Crippen LogP contribution in [-0.2, 0) is 0 Å². The number of nitrogens with one attached hydrogen (secondary N) is 1. The molecule has 0 aliphatic heterocycles. The van der Waals surface area contributed by atoms with Gasteiger partial charge in [0.2, 0.25) is 0 Å². The summed E-state index contributed by atoms with van der Waals surface area (Å²) >= 11 is 5.57. The van der Waals surface area contributed by atoms with Crippen LogP contribution in [0.3, 0.4) is 0 Å². The topological polar surface area (TPSA) is 32.3 Å². The molecule has 1 unspecified atom stereocenters. The van der Waals surface area contributed by atoms with E-state index in [-0.39, 0.29) is 5.88 Å². The van der Waals surface area contributed by atoms with Gasteiger partial charge in [-0.1, -0.05) is 42.0 Å². The van der Waals surface area contributed by atoms with Crippen molar-refractivity contribution >= 4 is 17.3 Å². The minimum Gasteiger partial charge on any atom is -0.390 e. The molecule has 100 valence electrons. The Morgan fingerprint density at radius 1 is 1.11 bits per heavy atom. The average molecular weight is 276 g/mol. The van der Waals surface area contributed by atoms with Crippen molar-refractivity contribution in [1.82, 2.24) is 0 Å². The molecule has 2 aromatic carbocycles. The van der Waals surface area contributed by atoms with Crippen molar-refractivity contribution in [2.75, 3.05) is 17.7 Å². The van der Waals surface area contributed by atoms with Gasteiger partial charge in [0.05, 0.1) is 12.0 Å². The first-order chi connectivity index (χ1) is 9.19. The number of hydrogen-bond donors (Lipinski definition) is 2. The van der Waals surface area contributed by atoms with Gasteiger partial charge in [-0.3, -0.25) is 0 Å². The summed E-state index contributed by atoms with van der Waals surface area (Å²) in [5.74, 6) is 0.241. The summed E-state index contributed by atoms with van der Waals surface area (Å²) in [6.45, 7) is 2.54. The molecular weight excluding hydrogens is 258 g/mol. The van der Waals surface area contributed by atoms with Crippen molar-refractivity contribution in [1.29, 1.82) is 0 Å². The van der Waals surface area contributed by atoms with Crippen LogP contribution in [0.25, 0.3) is 11.1 Å². The lowest BCUT2D eigenvalue weighted by atomic mass is 10.0. The number of aliphatic hydroxyl groups excluding tert-OH is 1. The van der Waals surface area contributed by atoms with Crippen LogP contribution in [0, 0.1) is 6.92 Å². The summed E-state index contributed by atoms with van der Waals surface area (Å²) in [4.78, 5) is 0. The first-order valence-corrected chi connectivity index (χ1v) is 6.87. The van der Waals surface area contributed by atoms with Crippen LogP contribution in [0.5, 0.6) is 0 Å². The third-order valence-corrected chi connectivity index (χ3v) is 3.29. The van der Waals surface area contributed by atoms with E-state index >= 15 is 0 Å². The largest absolute Gasteiger partial charge is 0.390 e. The third kappa shape index (κ3) is 3.98. The van der Waals surface area contributed by atoms with Crippen molar-refractivity contribution in [3.63, 3.8) is 0 Å². The zero-order chi connectivity index (χ0) is 13.7. The predicted molar refractivity (Wildman–Crippen MR) is 81.8 cm³/mol. The van der Waals surface area contributed by atoms with E-state index in [1.165, 1.54) is 11.1 Å². The maximum absolute atomic E-state index is 9.45. The summed E-state index contributed by atoms with van der Waals surface area (Å²) in [6.07, 6.45) is -0.524. The average Bonchev–Trinajstić information content (AvgIpc) is 2.45. The van der Waals surface area contributed by atoms with Crippen LogP contribution in [0.1, 0.15) is 5.56 Å². The van der Waals surface area contributed by atoms with Gasteiger partial charge >= 0.3 is 0 Å². The summed E-state index contributed by atoms with van der Waals surface area (Å²) in [5, 5.41) is 12.6. The number of halogens is 1. The number of aliphatic hydroxyl groups is 1. The molecule has 2 aromatic rings. The fourth-order valence-corrected chi connectivity index (χ4v) is 2.03. The second kappa shape index (κ2) is 6.60. The molecule has 2 N–H and O–H groups in total. The van der Waals surface area contributed by atoms with Crippen LogP contribution in [0.15, 0.2) is 48.5 Å². The predicted octanol–water partition coefficient (Wildman–Crippen LogP) is 3.67. The van der Waals surface area contributed by atoms with Gasteiger partial charge < -0.3 is 10.4 Å². The molecule has 19 heavy (non-hydrogen) atoms. The Balaban J connectivity index is 2.15. The van der Waals surface area contributed by atoms with Crippen LogP contribution in [0.2, 0.25) is 0 Å². The molecule has 2 nitrogen and oxygen atoms in total. The number of rotatable bonds is 5. The normalized spacial score (nSPS) is 12.2. The Bertz CT molecular complexity index is 542. The van der Waals surface area contributed by atoms with Gasteiger partial charge in [-0.25, -0.2) is 0 Å². The van der Waals surface area contributed by atoms with Gasteiger partial charge in [-0.15, -0.1) is 11.6 Å². The highest BCUT2D eigenvalue weighted by molar-refractivity contribution is 6.18. The van der Waals surface area contributed by atoms with Crippen molar-refractivity contribution < 1.29 is 5.11 Å². The first-order valence-electron chi connectivity index (χ1n) is 6.34. The summed E-state index contributed by atoms with van der Waals surface area (Å²) in [6, 6.07) is 16.6. The second-order valence-electron chi connectivity index (χ2n) is 4.64. The van der Waals surface area contributed by atoms with Crippen molar-refractivity contribution in [3.05, 3.63) is 54.1 Å². The van der Waals surface area contributed by atoms with Crippen molar-refractivity contribution in [2.24, 2.45) is 0 Å². The summed E-state index contributed by atoms with van der Waals surface area (Å²) in [7, 11) is 0. The number of alkyl halides is 1. The van der Waals surface area contributed by atoms with E-state index in [4.69, 9.17) is 11.6 Å². The number of hydrogen-bond acceptors (Lipinski definition) is 2.